The lowest BCUT2D eigenvalue weighted by Gasteiger charge is -2.13. The molecule has 0 unspecified atom stereocenters. The number of esters is 1. The Morgan fingerprint density at radius 3 is 2.85 bits per heavy atom. The second-order valence-corrected chi connectivity index (χ2v) is 7.30. The minimum absolute atomic E-state index is 0.211. The SMILES string of the molecule is COCc1cccc(C(=O)O[C@H](C)c2nc3sc(C)c(C)c3c(=O)[nH]2)c1. The highest BCUT2D eigenvalue weighted by atomic mass is 32.1. The van der Waals surface area contributed by atoms with Gasteiger partial charge in [0, 0.05) is 12.0 Å². The van der Waals surface area contributed by atoms with Crippen LogP contribution in [0.25, 0.3) is 10.2 Å². The number of hydrogen-bond donors (Lipinski definition) is 1. The second kappa shape index (κ2) is 7.39. The molecule has 1 aromatic carbocycles. The van der Waals surface area contributed by atoms with E-state index in [9.17, 15) is 9.59 Å². The van der Waals surface area contributed by atoms with Gasteiger partial charge in [-0.2, -0.15) is 0 Å². The molecule has 0 amide bonds. The van der Waals surface area contributed by atoms with Crippen LogP contribution in [0.5, 0.6) is 0 Å². The Balaban J connectivity index is 1.84. The van der Waals surface area contributed by atoms with E-state index in [2.05, 4.69) is 9.97 Å². The fourth-order valence-electron chi connectivity index (χ4n) is 2.70. The molecular weight excluding hydrogens is 352 g/mol. The molecule has 0 bridgehead atoms. The predicted octanol–water partition coefficient (Wildman–Crippen LogP) is 3.67. The molecule has 2 aromatic heterocycles. The average molecular weight is 372 g/mol. The third-order valence-corrected chi connectivity index (χ3v) is 5.30. The molecule has 0 saturated heterocycles. The van der Waals surface area contributed by atoms with E-state index < -0.39 is 12.1 Å². The first-order valence-electron chi connectivity index (χ1n) is 8.19. The van der Waals surface area contributed by atoms with Crippen LogP contribution in [0.1, 0.15) is 45.2 Å². The quantitative estimate of drug-likeness (QED) is 0.691. The zero-order chi connectivity index (χ0) is 18.8. The normalized spacial score (nSPS) is 12.3. The largest absolute Gasteiger partial charge is 0.451 e. The molecule has 136 valence electrons. The van der Waals surface area contributed by atoms with Gasteiger partial charge in [-0.3, -0.25) is 4.79 Å². The van der Waals surface area contributed by atoms with Gasteiger partial charge in [0.25, 0.3) is 5.56 Å². The van der Waals surface area contributed by atoms with Gasteiger partial charge in [-0.15, -0.1) is 11.3 Å². The molecule has 0 fully saturated rings. The Labute approximate surface area is 154 Å². The number of carbonyl (C=O) groups excluding carboxylic acids is 1. The number of hydrogen-bond acceptors (Lipinski definition) is 6. The number of fused-ring (bicyclic) bond motifs is 1. The minimum Gasteiger partial charge on any atom is -0.451 e. The van der Waals surface area contributed by atoms with Gasteiger partial charge in [-0.1, -0.05) is 12.1 Å². The zero-order valence-electron chi connectivity index (χ0n) is 15.1. The van der Waals surface area contributed by atoms with E-state index in [1.807, 2.05) is 19.9 Å². The summed E-state index contributed by atoms with van der Waals surface area (Å²) < 4.78 is 10.6. The molecule has 2 heterocycles. The van der Waals surface area contributed by atoms with Gasteiger partial charge in [-0.05, 0) is 44.0 Å². The Morgan fingerprint density at radius 1 is 1.35 bits per heavy atom. The van der Waals surface area contributed by atoms with Gasteiger partial charge in [-0.25, -0.2) is 9.78 Å². The van der Waals surface area contributed by atoms with Crippen molar-refractivity contribution in [2.24, 2.45) is 0 Å². The van der Waals surface area contributed by atoms with E-state index in [4.69, 9.17) is 9.47 Å². The summed E-state index contributed by atoms with van der Waals surface area (Å²) in [5.41, 5.74) is 2.03. The fourth-order valence-corrected chi connectivity index (χ4v) is 3.74. The molecule has 6 nitrogen and oxygen atoms in total. The highest BCUT2D eigenvalue weighted by Gasteiger charge is 2.19. The topological polar surface area (TPSA) is 81.3 Å². The minimum atomic E-state index is -0.673. The van der Waals surface area contributed by atoms with Crippen LogP contribution >= 0.6 is 11.3 Å². The molecule has 0 aliphatic carbocycles. The summed E-state index contributed by atoms with van der Waals surface area (Å²) in [6.07, 6.45) is -0.673. The van der Waals surface area contributed by atoms with E-state index in [-0.39, 0.29) is 5.56 Å². The number of aryl methyl sites for hydroxylation is 2. The summed E-state index contributed by atoms with van der Waals surface area (Å²) in [6, 6.07) is 7.06. The smallest absolute Gasteiger partial charge is 0.338 e. The van der Waals surface area contributed by atoms with Crippen LogP contribution < -0.4 is 5.56 Å². The van der Waals surface area contributed by atoms with E-state index in [1.54, 1.807) is 32.2 Å². The molecule has 3 aromatic rings. The first-order chi connectivity index (χ1) is 12.4. The van der Waals surface area contributed by atoms with Crippen LogP contribution in [0.15, 0.2) is 29.1 Å². The van der Waals surface area contributed by atoms with Crippen molar-refractivity contribution in [3.8, 4) is 0 Å². The van der Waals surface area contributed by atoms with E-state index in [1.165, 1.54) is 11.3 Å². The fraction of sp³-hybridized carbons (Fsp3) is 0.316. The Morgan fingerprint density at radius 2 is 2.12 bits per heavy atom. The van der Waals surface area contributed by atoms with E-state index in [0.29, 0.717) is 28.2 Å². The summed E-state index contributed by atoms with van der Waals surface area (Å²) in [5, 5.41) is 0.599. The number of H-pyrrole nitrogens is 1. The molecule has 3 rings (SSSR count). The van der Waals surface area contributed by atoms with E-state index in [0.717, 1.165) is 16.0 Å². The number of carbonyl (C=O) groups is 1. The number of aromatic nitrogens is 2. The first-order valence-corrected chi connectivity index (χ1v) is 9.01. The molecule has 0 saturated carbocycles. The third-order valence-electron chi connectivity index (χ3n) is 4.20. The highest BCUT2D eigenvalue weighted by Crippen LogP contribution is 2.27. The summed E-state index contributed by atoms with van der Waals surface area (Å²) in [6.45, 7) is 5.96. The van der Waals surface area contributed by atoms with Crippen molar-refractivity contribution >= 4 is 27.5 Å². The lowest BCUT2D eigenvalue weighted by atomic mass is 10.1. The van der Waals surface area contributed by atoms with Crippen molar-refractivity contribution in [3.63, 3.8) is 0 Å². The summed E-state index contributed by atoms with van der Waals surface area (Å²) in [7, 11) is 1.60. The molecular formula is C19H20N2O4S. The average Bonchev–Trinajstić information content (AvgIpc) is 2.90. The van der Waals surface area contributed by atoms with Crippen LogP contribution in [0.4, 0.5) is 0 Å². The number of methoxy groups -OCH3 is 1. The Bertz CT molecular complexity index is 1020. The summed E-state index contributed by atoms with van der Waals surface area (Å²) in [5.74, 6) is -0.137. The number of benzene rings is 1. The number of nitrogens with zero attached hydrogens (tertiary/aromatic N) is 1. The van der Waals surface area contributed by atoms with Crippen LogP contribution in [0, 0.1) is 13.8 Å². The number of aromatic amines is 1. The first kappa shape index (κ1) is 18.3. The maximum absolute atomic E-state index is 12.4. The number of thiophene rings is 1. The van der Waals surface area contributed by atoms with Crippen LogP contribution in [0.2, 0.25) is 0 Å². The number of rotatable bonds is 5. The second-order valence-electron chi connectivity index (χ2n) is 6.10. The van der Waals surface area contributed by atoms with Crippen molar-refractivity contribution < 1.29 is 14.3 Å². The predicted molar refractivity (Wildman–Crippen MR) is 101 cm³/mol. The Hall–Kier alpha value is -2.51. The molecule has 0 spiro atoms. The summed E-state index contributed by atoms with van der Waals surface area (Å²) in [4.78, 5) is 33.7. The van der Waals surface area contributed by atoms with Crippen molar-refractivity contribution in [2.75, 3.05) is 7.11 Å². The van der Waals surface area contributed by atoms with Gasteiger partial charge in [0.2, 0.25) is 0 Å². The van der Waals surface area contributed by atoms with Crippen molar-refractivity contribution in [3.05, 3.63) is 62.0 Å². The molecule has 26 heavy (non-hydrogen) atoms. The lowest BCUT2D eigenvalue weighted by molar-refractivity contribution is 0.0319. The monoisotopic (exact) mass is 372 g/mol. The van der Waals surface area contributed by atoms with Crippen molar-refractivity contribution in [1.82, 2.24) is 9.97 Å². The molecule has 1 N–H and O–H groups in total. The van der Waals surface area contributed by atoms with Crippen molar-refractivity contribution in [1.29, 1.82) is 0 Å². The van der Waals surface area contributed by atoms with Gasteiger partial charge >= 0.3 is 5.97 Å². The Kier molecular flexibility index (Phi) is 5.20. The third kappa shape index (κ3) is 3.54. The molecule has 1 atom stereocenters. The van der Waals surface area contributed by atoms with Crippen LogP contribution in [-0.2, 0) is 16.1 Å². The molecule has 0 radical (unpaired) electrons. The number of ether oxygens (including phenoxy) is 2. The lowest BCUT2D eigenvalue weighted by Crippen LogP contribution is -2.17. The zero-order valence-corrected chi connectivity index (χ0v) is 15.9. The van der Waals surface area contributed by atoms with Gasteiger partial charge < -0.3 is 14.5 Å². The molecule has 7 heteroatoms. The standard InChI is InChI=1S/C19H20N2O4S/c1-10-12(3)26-18-15(10)17(22)20-16(21-18)11(2)25-19(23)14-7-5-6-13(8-14)9-24-4/h5-8,11H,9H2,1-4H3,(H,20,21,22)/t11-/m1/s1. The maximum Gasteiger partial charge on any atom is 0.338 e. The summed E-state index contributed by atoms with van der Waals surface area (Å²) >= 11 is 1.46. The van der Waals surface area contributed by atoms with Gasteiger partial charge in [0.15, 0.2) is 11.9 Å². The molecule has 0 aliphatic heterocycles. The number of nitrogens with one attached hydrogen (secondary N) is 1. The molecule has 0 aliphatic rings. The van der Waals surface area contributed by atoms with Crippen LogP contribution in [-0.4, -0.2) is 23.0 Å². The highest BCUT2D eigenvalue weighted by molar-refractivity contribution is 7.18. The van der Waals surface area contributed by atoms with Gasteiger partial charge in [0.1, 0.15) is 4.83 Å². The maximum atomic E-state index is 12.4. The van der Waals surface area contributed by atoms with Crippen LogP contribution in [0.3, 0.4) is 0 Å². The van der Waals surface area contributed by atoms with Crippen molar-refractivity contribution in [2.45, 2.75) is 33.5 Å². The van der Waals surface area contributed by atoms with E-state index >= 15 is 0 Å². The van der Waals surface area contributed by atoms with Gasteiger partial charge in [0.05, 0.1) is 17.6 Å².